The number of carbonyl (C=O) groups is 1. The molecule has 0 aliphatic heterocycles. The molecule has 2 aromatic rings. The second kappa shape index (κ2) is 6.52. The predicted molar refractivity (Wildman–Crippen MR) is 89.6 cm³/mol. The smallest absolute Gasteiger partial charge is 0.272 e. The minimum absolute atomic E-state index is 0.00604. The summed E-state index contributed by atoms with van der Waals surface area (Å²) in [5.74, 6) is 0.572. The van der Waals surface area contributed by atoms with Gasteiger partial charge in [0, 0.05) is 36.2 Å². The molecule has 3 rings (SSSR count). The van der Waals surface area contributed by atoms with Crippen LogP contribution in [0.3, 0.4) is 0 Å². The lowest BCUT2D eigenvalue weighted by Gasteiger charge is -2.07. The number of rotatable bonds is 6. The summed E-state index contributed by atoms with van der Waals surface area (Å²) in [6, 6.07) is 4.76. The Morgan fingerprint density at radius 3 is 2.92 bits per heavy atom. The van der Waals surface area contributed by atoms with E-state index in [1.54, 1.807) is 6.92 Å². The van der Waals surface area contributed by atoms with Crippen molar-refractivity contribution in [3.63, 3.8) is 0 Å². The maximum absolute atomic E-state index is 12.2. The molecule has 0 bridgehead atoms. The van der Waals surface area contributed by atoms with Gasteiger partial charge in [-0.1, -0.05) is 0 Å². The molecule has 0 radical (unpaired) electrons. The molecule has 1 aromatic carbocycles. The van der Waals surface area contributed by atoms with Crippen LogP contribution in [0.25, 0.3) is 0 Å². The number of aromatic nitrogens is 3. The Balaban J connectivity index is 1.61. The summed E-state index contributed by atoms with van der Waals surface area (Å²) in [5, 5.41) is 20.6. The zero-order valence-corrected chi connectivity index (χ0v) is 13.9. The molecule has 1 aliphatic rings. The van der Waals surface area contributed by atoms with Crippen molar-refractivity contribution < 1.29 is 9.72 Å². The monoisotopic (exact) mass is 347 g/mol. The Bertz CT molecular complexity index is 853. The van der Waals surface area contributed by atoms with Gasteiger partial charge < -0.3 is 9.88 Å². The number of carbonyl (C=O) groups excluding carboxylic acids is 1. The molecule has 126 valence electrons. The molecule has 1 fully saturated rings. The highest BCUT2D eigenvalue weighted by Gasteiger charge is 2.27. The molecule has 9 heteroatoms. The van der Waals surface area contributed by atoms with Gasteiger partial charge in [-0.3, -0.25) is 20.0 Å². The van der Waals surface area contributed by atoms with Crippen LogP contribution >= 0.6 is 12.2 Å². The van der Waals surface area contributed by atoms with Gasteiger partial charge in [-0.25, -0.2) is 0 Å². The maximum atomic E-state index is 12.2. The fourth-order valence-electron chi connectivity index (χ4n) is 2.61. The minimum atomic E-state index is -0.461. The van der Waals surface area contributed by atoms with Crippen LogP contribution in [-0.2, 0) is 6.42 Å². The number of H-pyrrole nitrogens is 1. The van der Waals surface area contributed by atoms with E-state index in [9.17, 15) is 14.9 Å². The van der Waals surface area contributed by atoms with Gasteiger partial charge in [-0.05, 0) is 44.1 Å². The molecule has 0 spiro atoms. The van der Waals surface area contributed by atoms with E-state index in [1.807, 2.05) is 4.57 Å². The summed E-state index contributed by atoms with van der Waals surface area (Å²) in [7, 11) is 0. The number of nitrogens with zero attached hydrogens (tertiary/aromatic N) is 3. The number of hydrogen-bond acceptors (Lipinski definition) is 5. The van der Waals surface area contributed by atoms with Crippen LogP contribution < -0.4 is 5.32 Å². The molecule has 0 unspecified atom stereocenters. The molecule has 1 amide bonds. The van der Waals surface area contributed by atoms with Gasteiger partial charge in [-0.15, -0.1) is 0 Å². The van der Waals surface area contributed by atoms with Crippen LogP contribution in [0.1, 0.15) is 40.6 Å². The average molecular weight is 347 g/mol. The minimum Gasteiger partial charge on any atom is -0.352 e. The molecule has 0 saturated heterocycles. The van der Waals surface area contributed by atoms with Gasteiger partial charge in [0.1, 0.15) is 5.82 Å². The van der Waals surface area contributed by atoms with Crippen LogP contribution in [0.4, 0.5) is 5.69 Å². The molecule has 1 aliphatic carbocycles. The number of amides is 1. The molecule has 0 atom stereocenters. The van der Waals surface area contributed by atoms with Crippen molar-refractivity contribution >= 4 is 23.8 Å². The van der Waals surface area contributed by atoms with Crippen LogP contribution in [0.5, 0.6) is 0 Å². The summed E-state index contributed by atoms with van der Waals surface area (Å²) in [4.78, 5) is 22.5. The van der Waals surface area contributed by atoms with Gasteiger partial charge in [0.25, 0.3) is 11.6 Å². The third kappa shape index (κ3) is 3.35. The van der Waals surface area contributed by atoms with Crippen molar-refractivity contribution in [2.24, 2.45) is 0 Å². The maximum Gasteiger partial charge on any atom is 0.272 e. The largest absolute Gasteiger partial charge is 0.352 e. The van der Waals surface area contributed by atoms with Gasteiger partial charge in [0.15, 0.2) is 4.77 Å². The number of nitro groups is 1. The Labute approximate surface area is 143 Å². The van der Waals surface area contributed by atoms with E-state index >= 15 is 0 Å². The average Bonchev–Trinajstić information content (AvgIpc) is 3.30. The summed E-state index contributed by atoms with van der Waals surface area (Å²) in [6.45, 7) is 2.03. The van der Waals surface area contributed by atoms with E-state index in [0.717, 1.165) is 18.7 Å². The standard InChI is InChI=1S/C15H17N5O3S/c1-9-8-10(2-5-12(9)20(22)23)14(21)16-7-6-13-17-18-15(24)19(13)11-3-4-11/h2,5,8,11H,3-4,6-7H2,1H3,(H,16,21)(H,18,24). The Hall–Kier alpha value is -2.55. The van der Waals surface area contributed by atoms with Crippen molar-refractivity contribution in [3.8, 4) is 0 Å². The molecule has 1 heterocycles. The second-order valence-electron chi connectivity index (χ2n) is 5.81. The van der Waals surface area contributed by atoms with Gasteiger partial charge in [0.2, 0.25) is 0 Å². The first-order valence-electron chi connectivity index (χ1n) is 7.66. The van der Waals surface area contributed by atoms with E-state index in [0.29, 0.717) is 34.9 Å². The topological polar surface area (TPSA) is 106 Å². The van der Waals surface area contributed by atoms with E-state index in [2.05, 4.69) is 15.5 Å². The van der Waals surface area contributed by atoms with Gasteiger partial charge >= 0.3 is 0 Å². The zero-order valence-electron chi connectivity index (χ0n) is 13.1. The van der Waals surface area contributed by atoms with E-state index in [4.69, 9.17) is 12.2 Å². The van der Waals surface area contributed by atoms with Crippen LogP contribution in [0.2, 0.25) is 0 Å². The third-order valence-electron chi connectivity index (χ3n) is 3.98. The number of nitro benzene ring substituents is 1. The number of hydrogen-bond donors (Lipinski definition) is 2. The van der Waals surface area contributed by atoms with Gasteiger partial charge in [-0.2, -0.15) is 5.10 Å². The van der Waals surface area contributed by atoms with E-state index in [-0.39, 0.29) is 11.6 Å². The lowest BCUT2D eigenvalue weighted by atomic mass is 10.1. The van der Waals surface area contributed by atoms with Crippen molar-refractivity contribution in [2.45, 2.75) is 32.2 Å². The highest BCUT2D eigenvalue weighted by molar-refractivity contribution is 7.71. The number of aromatic amines is 1. The first-order chi connectivity index (χ1) is 11.5. The highest BCUT2D eigenvalue weighted by Crippen LogP contribution is 2.35. The number of aryl methyl sites for hydroxylation is 1. The molecule has 1 saturated carbocycles. The van der Waals surface area contributed by atoms with E-state index < -0.39 is 4.92 Å². The summed E-state index contributed by atoms with van der Waals surface area (Å²) in [5.41, 5.74) is 0.868. The normalized spacial score (nSPS) is 13.7. The highest BCUT2D eigenvalue weighted by atomic mass is 32.1. The summed E-state index contributed by atoms with van der Waals surface area (Å²) >= 11 is 5.22. The lowest BCUT2D eigenvalue weighted by Crippen LogP contribution is -2.26. The SMILES string of the molecule is Cc1cc(C(=O)NCCc2n[nH]c(=S)n2C2CC2)ccc1[N+](=O)[O-]. The molecule has 8 nitrogen and oxygen atoms in total. The van der Waals surface area contributed by atoms with Crippen LogP contribution in [-0.4, -0.2) is 32.1 Å². The van der Waals surface area contributed by atoms with Crippen molar-refractivity contribution in [2.75, 3.05) is 6.54 Å². The molecular weight excluding hydrogens is 330 g/mol. The Morgan fingerprint density at radius 1 is 1.54 bits per heavy atom. The first-order valence-corrected chi connectivity index (χ1v) is 8.07. The summed E-state index contributed by atoms with van der Waals surface area (Å²) in [6.07, 6.45) is 2.78. The lowest BCUT2D eigenvalue weighted by molar-refractivity contribution is -0.385. The molecule has 2 N–H and O–H groups in total. The van der Waals surface area contributed by atoms with Crippen LogP contribution in [0, 0.1) is 21.8 Å². The predicted octanol–water partition coefficient (Wildman–Crippen LogP) is 2.46. The van der Waals surface area contributed by atoms with Crippen molar-refractivity contribution in [3.05, 3.63) is 50.0 Å². The fraction of sp³-hybridized carbons (Fsp3) is 0.400. The number of benzene rings is 1. The molecular formula is C15H17N5O3S. The second-order valence-corrected chi connectivity index (χ2v) is 6.20. The van der Waals surface area contributed by atoms with Crippen LogP contribution in [0.15, 0.2) is 18.2 Å². The van der Waals surface area contributed by atoms with Crippen molar-refractivity contribution in [1.29, 1.82) is 0 Å². The van der Waals surface area contributed by atoms with Gasteiger partial charge in [0.05, 0.1) is 4.92 Å². The summed E-state index contributed by atoms with van der Waals surface area (Å²) < 4.78 is 2.63. The Kier molecular flexibility index (Phi) is 4.43. The first kappa shape index (κ1) is 16.3. The quantitative estimate of drug-likeness (QED) is 0.474. The Morgan fingerprint density at radius 2 is 2.29 bits per heavy atom. The third-order valence-corrected chi connectivity index (χ3v) is 4.27. The number of nitrogens with one attached hydrogen (secondary N) is 2. The van der Waals surface area contributed by atoms with Crippen molar-refractivity contribution in [1.82, 2.24) is 20.1 Å². The molecule has 1 aromatic heterocycles. The van der Waals surface area contributed by atoms with E-state index in [1.165, 1.54) is 18.2 Å². The fourth-order valence-corrected chi connectivity index (χ4v) is 2.91. The zero-order chi connectivity index (χ0) is 17.3. The molecule has 24 heavy (non-hydrogen) atoms.